The molecule has 128 valence electrons. The van der Waals surface area contributed by atoms with Gasteiger partial charge in [0.05, 0.1) is 6.10 Å². The summed E-state index contributed by atoms with van der Waals surface area (Å²) >= 11 is 0. The molecule has 23 heavy (non-hydrogen) atoms. The molecule has 1 aromatic rings. The van der Waals surface area contributed by atoms with E-state index >= 15 is 0 Å². The minimum atomic E-state index is -0.711. The fraction of sp³-hybridized carbons (Fsp3) is 0.611. The Morgan fingerprint density at radius 2 is 2.17 bits per heavy atom. The van der Waals surface area contributed by atoms with E-state index in [0.29, 0.717) is 24.3 Å². The maximum atomic E-state index is 12.9. The first kappa shape index (κ1) is 17.9. The van der Waals surface area contributed by atoms with Crippen LogP contribution in [0.3, 0.4) is 0 Å². The highest BCUT2D eigenvalue weighted by Gasteiger charge is 2.17. The van der Waals surface area contributed by atoms with E-state index in [4.69, 9.17) is 4.74 Å². The Kier molecular flexibility index (Phi) is 6.99. The quantitative estimate of drug-likeness (QED) is 0.811. The first-order valence-electron chi connectivity index (χ1n) is 8.35. The summed E-state index contributed by atoms with van der Waals surface area (Å²) in [7, 11) is 0. The first-order chi connectivity index (χ1) is 11.0. The molecule has 1 saturated heterocycles. The Morgan fingerprint density at radius 3 is 2.83 bits per heavy atom. The molecule has 4 nitrogen and oxygen atoms in total. The molecule has 3 atom stereocenters. The average molecular weight is 323 g/mol. The van der Waals surface area contributed by atoms with Gasteiger partial charge in [-0.2, -0.15) is 0 Å². The lowest BCUT2D eigenvalue weighted by Gasteiger charge is -2.22. The van der Waals surface area contributed by atoms with Crippen molar-refractivity contribution >= 4 is 5.91 Å². The van der Waals surface area contributed by atoms with Crippen LogP contribution in [0.15, 0.2) is 24.3 Å². The third-order valence-corrected chi connectivity index (χ3v) is 4.27. The number of benzene rings is 1. The summed E-state index contributed by atoms with van der Waals surface area (Å²) < 4.78 is 18.3. The van der Waals surface area contributed by atoms with E-state index < -0.39 is 6.10 Å². The number of amides is 1. The zero-order valence-electron chi connectivity index (χ0n) is 13.6. The van der Waals surface area contributed by atoms with Crippen molar-refractivity contribution in [3.63, 3.8) is 0 Å². The normalized spacial score (nSPS) is 20.7. The minimum absolute atomic E-state index is 0.00868. The molecule has 5 heteroatoms. The molecule has 0 bridgehead atoms. The second-order valence-electron chi connectivity index (χ2n) is 6.39. The van der Waals surface area contributed by atoms with Crippen molar-refractivity contribution in [2.75, 3.05) is 13.2 Å². The van der Waals surface area contributed by atoms with Crippen molar-refractivity contribution in [2.45, 2.75) is 51.2 Å². The van der Waals surface area contributed by atoms with Gasteiger partial charge < -0.3 is 15.2 Å². The van der Waals surface area contributed by atoms with E-state index in [-0.39, 0.29) is 17.8 Å². The fourth-order valence-corrected chi connectivity index (χ4v) is 2.93. The number of aliphatic hydroxyl groups is 1. The van der Waals surface area contributed by atoms with E-state index in [0.717, 1.165) is 32.5 Å². The van der Waals surface area contributed by atoms with Gasteiger partial charge >= 0.3 is 0 Å². The van der Waals surface area contributed by atoms with Gasteiger partial charge in [0.15, 0.2) is 0 Å². The number of carbonyl (C=O) groups excluding carboxylic acids is 1. The van der Waals surface area contributed by atoms with Crippen LogP contribution in [0.5, 0.6) is 0 Å². The monoisotopic (exact) mass is 323 g/mol. The number of nitrogens with one attached hydrogen (secondary N) is 1. The second kappa shape index (κ2) is 8.99. The zero-order chi connectivity index (χ0) is 16.7. The van der Waals surface area contributed by atoms with Crippen molar-refractivity contribution in [2.24, 2.45) is 5.92 Å². The number of hydrogen-bond acceptors (Lipinski definition) is 3. The van der Waals surface area contributed by atoms with Crippen LogP contribution < -0.4 is 5.32 Å². The Hall–Kier alpha value is -1.46. The fourth-order valence-electron chi connectivity index (χ4n) is 2.93. The molecule has 0 aliphatic carbocycles. The standard InChI is InChI=1S/C18H26FNO3/c1-13(11-17(21)15-5-7-16(19)8-6-15)20-18(22)9-4-14-3-2-10-23-12-14/h5-8,13-14,17,21H,2-4,9-12H2,1H3,(H,20,22). The molecule has 0 aromatic heterocycles. The first-order valence-corrected chi connectivity index (χ1v) is 8.35. The van der Waals surface area contributed by atoms with E-state index in [2.05, 4.69) is 5.32 Å². The van der Waals surface area contributed by atoms with Gasteiger partial charge in [0.2, 0.25) is 5.91 Å². The molecule has 2 rings (SSSR count). The molecule has 2 N–H and O–H groups in total. The molecule has 1 aliphatic rings. The van der Waals surface area contributed by atoms with Crippen LogP contribution in [0.2, 0.25) is 0 Å². The highest BCUT2D eigenvalue weighted by Crippen LogP contribution is 2.20. The van der Waals surface area contributed by atoms with Gasteiger partial charge in [0.1, 0.15) is 5.82 Å². The molecule has 0 radical (unpaired) electrons. The van der Waals surface area contributed by atoms with Crippen molar-refractivity contribution < 1.29 is 19.0 Å². The summed E-state index contributed by atoms with van der Waals surface area (Å²) in [6.07, 6.45) is 3.24. The molecule has 0 spiro atoms. The Labute approximate surface area is 137 Å². The van der Waals surface area contributed by atoms with Gasteiger partial charge in [0, 0.05) is 25.7 Å². The summed E-state index contributed by atoms with van der Waals surface area (Å²) in [5.74, 6) is 0.165. The largest absolute Gasteiger partial charge is 0.388 e. The molecule has 0 saturated carbocycles. The van der Waals surface area contributed by atoms with Gasteiger partial charge in [-0.25, -0.2) is 4.39 Å². The van der Waals surface area contributed by atoms with E-state index in [1.165, 1.54) is 12.1 Å². The molecule has 1 fully saturated rings. The molecule has 1 aliphatic heterocycles. The SMILES string of the molecule is CC(CC(O)c1ccc(F)cc1)NC(=O)CCC1CCCOC1. The summed E-state index contributed by atoms with van der Waals surface area (Å²) in [4.78, 5) is 12.0. The smallest absolute Gasteiger partial charge is 0.220 e. The number of rotatable bonds is 7. The molecular weight excluding hydrogens is 297 g/mol. The molecule has 1 amide bonds. The van der Waals surface area contributed by atoms with E-state index in [1.54, 1.807) is 12.1 Å². The number of halogens is 1. The molecular formula is C18H26FNO3. The average Bonchev–Trinajstić information content (AvgIpc) is 2.54. The Balaban J connectivity index is 1.69. The van der Waals surface area contributed by atoms with Crippen LogP contribution in [0.25, 0.3) is 0 Å². The number of ether oxygens (including phenoxy) is 1. The van der Waals surface area contributed by atoms with Crippen molar-refractivity contribution in [3.8, 4) is 0 Å². The maximum Gasteiger partial charge on any atom is 0.220 e. The summed E-state index contributed by atoms with van der Waals surface area (Å²) in [6.45, 7) is 3.46. The third kappa shape index (κ3) is 6.28. The van der Waals surface area contributed by atoms with Crippen LogP contribution in [0, 0.1) is 11.7 Å². The summed E-state index contributed by atoms with van der Waals surface area (Å²) in [6, 6.07) is 5.65. The predicted molar refractivity (Wildman–Crippen MR) is 86.4 cm³/mol. The predicted octanol–water partition coefficient (Wildman–Crippen LogP) is 2.96. The third-order valence-electron chi connectivity index (χ3n) is 4.27. The highest BCUT2D eigenvalue weighted by atomic mass is 19.1. The number of aliphatic hydroxyl groups excluding tert-OH is 1. The molecule has 3 unspecified atom stereocenters. The van der Waals surface area contributed by atoms with Crippen LogP contribution >= 0.6 is 0 Å². The van der Waals surface area contributed by atoms with Crippen LogP contribution in [-0.4, -0.2) is 30.3 Å². The van der Waals surface area contributed by atoms with Crippen molar-refractivity contribution in [1.29, 1.82) is 0 Å². The van der Waals surface area contributed by atoms with Crippen LogP contribution in [-0.2, 0) is 9.53 Å². The van der Waals surface area contributed by atoms with Gasteiger partial charge in [0.25, 0.3) is 0 Å². The summed E-state index contributed by atoms with van der Waals surface area (Å²) in [5.41, 5.74) is 0.659. The van der Waals surface area contributed by atoms with Gasteiger partial charge in [-0.15, -0.1) is 0 Å². The van der Waals surface area contributed by atoms with E-state index in [9.17, 15) is 14.3 Å². The Bertz CT molecular complexity index is 486. The van der Waals surface area contributed by atoms with Crippen LogP contribution in [0.1, 0.15) is 50.7 Å². The molecule has 1 heterocycles. The zero-order valence-corrected chi connectivity index (χ0v) is 13.6. The number of carbonyl (C=O) groups is 1. The Morgan fingerprint density at radius 1 is 1.43 bits per heavy atom. The van der Waals surface area contributed by atoms with Gasteiger partial charge in [-0.1, -0.05) is 12.1 Å². The van der Waals surface area contributed by atoms with E-state index in [1.807, 2.05) is 6.92 Å². The lowest BCUT2D eigenvalue weighted by molar-refractivity contribution is -0.122. The number of hydrogen-bond donors (Lipinski definition) is 2. The van der Waals surface area contributed by atoms with Gasteiger partial charge in [-0.3, -0.25) is 4.79 Å². The topological polar surface area (TPSA) is 58.6 Å². The highest BCUT2D eigenvalue weighted by molar-refractivity contribution is 5.76. The summed E-state index contributed by atoms with van der Waals surface area (Å²) in [5, 5.41) is 13.1. The maximum absolute atomic E-state index is 12.9. The minimum Gasteiger partial charge on any atom is -0.388 e. The van der Waals surface area contributed by atoms with Crippen molar-refractivity contribution in [3.05, 3.63) is 35.6 Å². The molecule has 1 aromatic carbocycles. The second-order valence-corrected chi connectivity index (χ2v) is 6.39. The lowest BCUT2D eigenvalue weighted by atomic mass is 9.96. The van der Waals surface area contributed by atoms with Crippen LogP contribution in [0.4, 0.5) is 4.39 Å². The van der Waals surface area contributed by atoms with Crippen molar-refractivity contribution in [1.82, 2.24) is 5.32 Å². The van der Waals surface area contributed by atoms with Gasteiger partial charge in [-0.05, 0) is 56.2 Å². The lowest BCUT2D eigenvalue weighted by Crippen LogP contribution is -2.34.